The lowest BCUT2D eigenvalue weighted by molar-refractivity contribution is -0.384. The molecule has 0 aliphatic carbocycles. The number of aryl methyl sites for hydroxylation is 2. The molecule has 2 aromatic rings. The van der Waals surface area contributed by atoms with Crippen LogP contribution in [-0.2, 0) is 4.74 Å². The topological polar surface area (TPSA) is 119 Å². The number of esters is 1. The SMILES string of the molecule is Cc1ccc(C(=O)COC(=O)c2cc([N+](=O)[O-])ccc2NCCO)cc1C. The molecule has 0 heterocycles. The van der Waals surface area contributed by atoms with Gasteiger partial charge in [0.15, 0.2) is 12.4 Å². The van der Waals surface area contributed by atoms with Crippen LogP contribution in [0.1, 0.15) is 31.8 Å². The number of benzene rings is 2. The Labute approximate surface area is 155 Å². The van der Waals surface area contributed by atoms with Crippen LogP contribution in [0.25, 0.3) is 0 Å². The van der Waals surface area contributed by atoms with Crippen LogP contribution in [-0.4, -0.2) is 41.5 Å². The van der Waals surface area contributed by atoms with Gasteiger partial charge in [0, 0.05) is 29.9 Å². The van der Waals surface area contributed by atoms with Crippen LogP contribution in [0.15, 0.2) is 36.4 Å². The molecule has 8 nitrogen and oxygen atoms in total. The third-order valence-electron chi connectivity index (χ3n) is 4.02. The van der Waals surface area contributed by atoms with Crippen LogP contribution in [0.4, 0.5) is 11.4 Å². The van der Waals surface area contributed by atoms with E-state index < -0.39 is 17.5 Å². The number of nitro benzene ring substituents is 1. The molecule has 2 N–H and O–H groups in total. The number of nitrogens with zero attached hydrogens (tertiary/aromatic N) is 1. The first-order valence-electron chi connectivity index (χ1n) is 8.24. The van der Waals surface area contributed by atoms with Gasteiger partial charge in [-0.25, -0.2) is 4.79 Å². The van der Waals surface area contributed by atoms with E-state index in [1.54, 1.807) is 12.1 Å². The van der Waals surface area contributed by atoms with Crippen molar-refractivity contribution in [2.75, 3.05) is 25.1 Å². The fraction of sp³-hybridized carbons (Fsp3) is 0.263. The van der Waals surface area contributed by atoms with E-state index >= 15 is 0 Å². The predicted octanol–water partition coefficient (Wildman–Crippen LogP) is 2.66. The number of aliphatic hydroxyl groups excluding tert-OH is 1. The van der Waals surface area contributed by atoms with Crippen LogP contribution >= 0.6 is 0 Å². The van der Waals surface area contributed by atoms with E-state index in [1.165, 1.54) is 12.1 Å². The molecule has 0 fully saturated rings. The first kappa shape index (κ1) is 20.1. The molecule has 0 radical (unpaired) electrons. The van der Waals surface area contributed by atoms with Crippen LogP contribution in [0, 0.1) is 24.0 Å². The van der Waals surface area contributed by atoms with Gasteiger partial charge in [0.25, 0.3) is 5.69 Å². The highest BCUT2D eigenvalue weighted by Gasteiger charge is 2.19. The molecule has 2 rings (SSSR count). The number of carbonyl (C=O) groups is 2. The molecular weight excluding hydrogens is 352 g/mol. The minimum Gasteiger partial charge on any atom is -0.454 e. The van der Waals surface area contributed by atoms with Gasteiger partial charge in [-0.15, -0.1) is 0 Å². The molecule has 27 heavy (non-hydrogen) atoms. The van der Waals surface area contributed by atoms with Crippen molar-refractivity contribution in [3.63, 3.8) is 0 Å². The number of hydrogen-bond donors (Lipinski definition) is 2. The summed E-state index contributed by atoms with van der Waals surface area (Å²) >= 11 is 0. The highest BCUT2D eigenvalue weighted by molar-refractivity contribution is 6.01. The number of anilines is 1. The van der Waals surface area contributed by atoms with Crippen LogP contribution < -0.4 is 5.32 Å². The van der Waals surface area contributed by atoms with Crippen molar-refractivity contribution in [3.8, 4) is 0 Å². The number of carbonyl (C=O) groups excluding carboxylic acids is 2. The summed E-state index contributed by atoms with van der Waals surface area (Å²) in [4.78, 5) is 34.9. The molecule has 0 saturated heterocycles. The Bertz CT molecular complexity index is 878. The lowest BCUT2D eigenvalue weighted by Crippen LogP contribution is -2.17. The summed E-state index contributed by atoms with van der Waals surface area (Å²) in [5.74, 6) is -1.24. The molecule has 0 saturated carbocycles. The lowest BCUT2D eigenvalue weighted by atomic mass is 10.0. The standard InChI is InChI=1S/C19H20N2O6/c1-12-3-4-14(9-13(12)2)18(23)11-27-19(24)16-10-15(21(25)26)5-6-17(16)20-7-8-22/h3-6,9-10,20,22H,7-8,11H2,1-2H3. The molecule has 0 amide bonds. The molecule has 8 heteroatoms. The molecule has 0 unspecified atom stereocenters. The zero-order valence-electron chi connectivity index (χ0n) is 15.0. The average molecular weight is 372 g/mol. The Balaban J connectivity index is 2.15. The second-order valence-corrected chi connectivity index (χ2v) is 5.94. The number of nitro groups is 1. The van der Waals surface area contributed by atoms with Gasteiger partial charge < -0.3 is 15.2 Å². The summed E-state index contributed by atoms with van der Waals surface area (Å²) in [6, 6.07) is 8.84. The van der Waals surface area contributed by atoms with E-state index in [9.17, 15) is 19.7 Å². The fourth-order valence-corrected chi connectivity index (χ4v) is 2.37. The summed E-state index contributed by atoms with van der Waals surface area (Å²) in [5.41, 5.74) is 2.32. The fourth-order valence-electron chi connectivity index (χ4n) is 2.37. The largest absolute Gasteiger partial charge is 0.454 e. The summed E-state index contributed by atoms with van der Waals surface area (Å²) in [5, 5.41) is 22.6. The first-order valence-corrected chi connectivity index (χ1v) is 8.24. The van der Waals surface area contributed by atoms with Crippen LogP contribution in [0.3, 0.4) is 0 Å². The van der Waals surface area contributed by atoms with Crippen LogP contribution in [0.2, 0.25) is 0 Å². The minimum atomic E-state index is -0.865. The Hall–Kier alpha value is -3.26. The number of nitrogens with one attached hydrogen (secondary N) is 1. The van der Waals surface area contributed by atoms with E-state index in [2.05, 4.69) is 5.32 Å². The Morgan fingerprint density at radius 1 is 1.15 bits per heavy atom. The van der Waals surface area contributed by atoms with Crippen molar-refractivity contribution in [1.29, 1.82) is 0 Å². The molecule has 0 bridgehead atoms. The number of Topliss-reactive ketones (excluding diaryl/α,β-unsaturated/α-hetero) is 1. The Morgan fingerprint density at radius 2 is 1.89 bits per heavy atom. The van der Waals surface area contributed by atoms with Gasteiger partial charge in [0.2, 0.25) is 0 Å². The van der Waals surface area contributed by atoms with Gasteiger partial charge in [0.1, 0.15) is 0 Å². The van der Waals surface area contributed by atoms with E-state index in [1.807, 2.05) is 19.9 Å². The number of aliphatic hydroxyl groups is 1. The Kier molecular flexibility index (Phi) is 6.62. The molecule has 0 aliphatic heterocycles. The summed E-state index contributed by atoms with van der Waals surface area (Å²) < 4.78 is 5.06. The zero-order valence-corrected chi connectivity index (χ0v) is 15.0. The first-order chi connectivity index (χ1) is 12.8. The van der Waals surface area contributed by atoms with Crippen molar-refractivity contribution < 1.29 is 24.4 Å². The summed E-state index contributed by atoms with van der Waals surface area (Å²) in [6.45, 7) is 3.28. The van der Waals surface area contributed by atoms with E-state index in [0.717, 1.165) is 17.2 Å². The summed E-state index contributed by atoms with van der Waals surface area (Å²) in [7, 11) is 0. The quantitative estimate of drug-likeness (QED) is 0.316. The molecule has 2 aromatic carbocycles. The Morgan fingerprint density at radius 3 is 2.52 bits per heavy atom. The van der Waals surface area contributed by atoms with Gasteiger partial charge in [0.05, 0.1) is 17.1 Å². The highest BCUT2D eigenvalue weighted by Crippen LogP contribution is 2.23. The molecule has 0 spiro atoms. The van der Waals surface area contributed by atoms with Crippen LogP contribution in [0.5, 0.6) is 0 Å². The van der Waals surface area contributed by atoms with Crippen molar-refractivity contribution in [2.24, 2.45) is 0 Å². The van der Waals surface area contributed by atoms with Crippen molar-refractivity contribution in [1.82, 2.24) is 0 Å². The number of ether oxygens (including phenoxy) is 1. The normalized spacial score (nSPS) is 10.3. The minimum absolute atomic E-state index is 0.0782. The van der Waals surface area contributed by atoms with Gasteiger partial charge >= 0.3 is 5.97 Å². The number of ketones is 1. The van der Waals surface area contributed by atoms with E-state index in [4.69, 9.17) is 9.84 Å². The monoisotopic (exact) mass is 372 g/mol. The van der Waals surface area contributed by atoms with Gasteiger partial charge in [-0.3, -0.25) is 14.9 Å². The van der Waals surface area contributed by atoms with Crippen molar-refractivity contribution >= 4 is 23.1 Å². The van der Waals surface area contributed by atoms with Gasteiger partial charge in [-0.05, 0) is 37.1 Å². The second-order valence-electron chi connectivity index (χ2n) is 5.94. The average Bonchev–Trinajstić information content (AvgIpc) is 2.66. The number of non-ortho nitro benzene ring substituents is 1. The second kappa shape index (κ2) is 8.91. The maximum absolute atomic E-state index is 12.4. The van der Waals surface area contributed by atoms with E-state index in [0.29, 0.717) is 5.56 Å². The van der Waals surface area contributed by atoms with Gasteiger partial charge in [-0.2, -0.15) is 0 Å². The number of rotatable bonds is 8. The lowest BCUT2D eigenvalue weighted by Gasteiger charge is -2.11. The number of hydrogen-bond acceptors (Lipinski definition) is 7. The highest BCUT2D eigenvalue weighted by atomic mass is 16.6. The van der Waals surface area contributed by atoms with E-state index in [-0.39, 0.29) is 35.9 Å². The molecular formula is C19H20N2O6. The molecule has 0 atom stereocenters. The maximum Gasteiger partial charge on any atom is 0.340 e. The third kappa shape index (κ3) is 5.11. The predicted molar refractivity (Wildman–Crippen MR) is 99.2 cm³/mol. The third-order valence-corrected chi connectivity index (χ3v) is 4.02. The zero-order chi connectivity index (χ0) is 20.0. The molecule has 142 valence electrons. The van der Waals surface area contributed by atoms with Crippen molar-refractivity contribution in [2.45, 2.75) is 13.8 Å². The molecule has 0 aliphatic rings. The summed E-state index contributed by atoms with van der Waals surface area (Å²) in [6.07, 6.45) is 0. The van der Waals surface area contributed by atoms with Gasteiger partial charge in [-0.1, -0.05) is 12.1 Å². The van der Waals surface area contributed by atoms with Crippen molar-refractivity contribution in [3.05, 3.63) is 68.8 Å². The smallest absolute Gasteiger partial charge is 0.340 e. The maximum atomic E-state index is 12.4. The molecule has 0 aromatic heterocycles.